The van der Waals surface area contributed by atoms with E-state index < -0.39 is 11.6 Å². The van der Waals surface area contributed by atoms with Crippen LogP contribution in [0.25, 0.3) is 0 Å². The Hall–Kier alpha value is -1.97. The first-order valence-corrected chi connectivity index (χ1v) is 11.0. The van der Waals surface area contributed by atoms with Crippen LogP contribution >= 0.6 is 0 Å². The quantitative estimate of drug-likeness (QED) is 0.548. The molecule has 3 rings (SSSR count). The van der Waals surface area contributed by atoms with E-state index in [1.807, 2.05) is 45.2 Å². The van der Waals surface area contributed by atoms with Gasteiger partial charge in [-0.2, -0.15) is 0 Å². The molecular weight excluding hydrogens is 399 g/mol. The fraction of sp³-hybridized carbons (Fsp3) is 0.480. The van der Waals surface area contributed by atoms with Gasteiger partial charge in [0, 0.05) is 38.9 Å². The minimum atomic E-state index is -1.15. The first-order valence-electron chi connectivity index (χ1n) is 11.0. The van der Waals surface area contributed by atoms with Crippen molar-refractivity contribution in [3.05, 3.63) is 59.7 Å². The van der Waals surface area contributed by atoms with Gasteiger partial charge in [-0.25, -0.2) is 0 Å². The van der Waals surface area contributed by atoms with Crippen molar-refractivity contribution < 1.29 is 38.6 Å². The molecule has 0 saturated carbocycles. The van der Waals surface area contributed by atoms with E-state index >= 15 is 0 Å². The number of carboxylic acids is 1. The summed E-state index contributed by atoms with van der Waals surface area (Å²) in [4.78, 5) is 15.3. The Labute approximate surface area is 203 Å². The van der Waals surface area contributed by atoms with Crippen LogP contribution in [-0.2, 0) is 6.54 Å². The summed E-state index contributed by atoms with van der Waals surface area (Å²) >= 11 is 0. The SMILES string of the molecule is CC(C)Oc1ccc(N(C)CCC2(O)CCN(Cc3ccc(C(=O)[O-])cc3)CC2)cc1.[Li+]. The summed E-state index contributed by atoms with van der Waals surface area (Å²) in [6.07, 6.45) is 2.35. The van der Waals surface area contributed by atoms with Crippen LogP contribution < -0.4 is 33.6 Å². The Morgan fingerprint density at radius 2 is 1.72 bits per heavy atom. The number of nitrogens with zero attached hydrogens (tertiary/aromatic N) is 2. The molecule has 1 aliphatic heterocycles. The summed E-state index contributed by atoms with van der Waals surface area (Å²) in [7, 11) is 2.05. The molecular formula is C25H33LiN2O4. The number of carbonyl (C=O) groups is 1. The maximum absolute atomic E-state index is 11.0. The second-order valence-electron chi connectivity index (χ2n) is 8.82. The van der Waals surface area contributed by atoms with Crippen molar-refractivity contribution in [2.75, 3.05) is 31.6 Å². The molecule has 1 saturated heterocycles. The third-order valence-electron chi connectivity index (χ3n) is 5.94. The van der Waals surface area contributed by atoms with Crippen molar-refractivity contribution in [3.8, 4) is 5.75 Å². The molecule has 0 aromatic heterocycles. The second-order valence-corrected chi connectivity index (χ2v) is 8.82. The minimum absolute atomic E-state index is 0. The molecule has 0 unspecified atom stereocenters. The summed E-state index contributed by atoms with van der Waals surface area (Å²) in [6, 6.07) is 14.9. The summed E-state index contributed by atoms with van der Waals surface area (Å²) < 4.78 is 5.70. The predicted octanol–water partition coefficient (Wildman–Crippen LogP) is -0.305. The third-order valence-corrected chi connectivity index (χ3v) is 5.94. The summed E-state index contributed by atoms with van der Waals surface area (Å²) in [5.41, 5.74) is 1.73. The van der Waals surface area contributed by atoms with Crippen LogP contribution in [-0.4, -0.2) is 54.4 Å². The molecule has 1 fully saturated rings. The summed E-state index contributed by atoms with van der Waals surface area (Å²) in [5.74, 6) is -0.285. The minimum Gasteiger partial charge on any atom is -0.545 e. The molecule has 0 atom stereocenters. The van der Waals surface area contributed by atoms with Gasteiger partial charge in [0.05, 0.1) is 17.7 Å². The second kappa shape index (κ2) is 11.8. The largest absolute Gasteiger partial charge is 1.00 e. The number of benzene rings is 2. The van der Waals surface area contributed by atoms with Gasteiger partial charge in [-0.3, -0.25) is 4.90 Å². The number of aliphatic hydroxyl groups is 1. The van der Waals surface area contributed by atoms with Gasteiger partial charge in [-0.15, -0.1) is 0 Å². The number of piperidine rings is 1. The Morgan fingerprint density at radius 3 is 2.25 bits per heavy atom. The van der Waals surface area contributed by atoms with Crippen molar-refractivity contribution in [1.29, 1.82) is 0 Å². The zero-order valence-corrected chi connectivity index (χ0v) is 19.7. The van der Waals surface area contributed by atoms with Crippen molar-refractivity contribution in [2.45, 2.75) is 51.4 Å². The van der Waals surface area contributed by atoms with Crippen LogP contribution in [0.5, 0.6) is 5.75 Å². The van der Waals surface area contributed by atoms with E-state index in [9.17, 15) is 15.0 Å². The number of likely N-dealkylation sites (tertiary alicyclic amines) is 1. The number of carboxylic acid groups (broad SMARTS) is 1. The normalized spacial score (nSPS) is 15.8. The zero-order valence-electron chi connectivity index (χ0n) is 19.7. The van der Waals surface area contributed by atoms with Crippen molar-refractivity contribution in [3.63, 3.8) is 0 Å². The first kappa shape index (κ1) is 26.3. The average molecular weight is 432 g/mol. The molecule has 0 amide bonds. The zero-order chi connectivity index (χ0) is 22.4. The summed E-state index contributed by atoms with van der Waals surface area (Å²) in [5, 5.41) is 21.9. The maximum Gasteiger partial charge on any atom is 1.00 e. The van der Waals surface area contributed by atoms with Crippen molar-refractivity contribution >= 4 is 11.7 Å². The Morgan fingerprint density at radius 1 is 1.12 bits per heavy atom. The van der Waals surface area contributed by atoms with Gasteiger partial charge in [0.15, 0.2) is 0 Å². The fourth-order valence-corrected chi connectivity index (χ4v) is 3.94. The summed E-state index contributed by atoms with van der Waals surface area (Å²) in [6.45, 7) is 7.21. The number of carbonyl (C=O) groups excluding carboxylic acids is 1. The molecule has 0 aliphatic carbocycles. The number of aromatic carboxylic acids is 1. The van der Waals surface area contributed by atoms with Crippen molar-refractivity contribution in [2.24, 2.45) is 0 Å². The van der Waals surface area contributed by atoms with Crippen LogP contribution in [0.3, 0.4) is 0 Å². The molecule has 2 aromatic carbocycles. The molecule has 0 spiro atoms. The average Bonchev–Trinajstić information content (AvgIpc) is 2.74. The van der Waals surface area contributed by atoms with Gasteiger partial charge in [-0.1, -0.05) is 24.3 Å². The Bertz CT molecular complexity index is 847. The Kier molecular flexibility index (Phi) is 9.66. The molecule has 0 radical (unpaired) electrons. The van der Waals surface area contributed by atoms with Gasteiger partial charge in [0.1, 0.15) is 5.75 Å². The van der Waals surface area contributed by atoms with Crippen LogP contribution in [0.2, 0.25) is 0 Å². The van der Waals surface area contributed by atoms with E-state index in [0.717, 1.165) is 62.4 Å². The van der Waals surface area contributed by atoms with E-state index in [2.05, 4.69) is 21.9 Å². The molecule has 32 heavy (non-hydrogen) atoms. The molecule has 1 N–H and O–H groups in total. The van der Waals surface area contributed by atoms with Gasteiger partial charge in [0.25, 0.3) is 0 Å². The maximum atomic E-state index is 11.0. The molecule has 6 nitrogen and oxygen atoms in total. The van der Waals surface area contributed by atoms with E-state index in [1.54, 1.807) is 12.1 Å². The van der Waals surface area contributed by atoms with Gasteiger partial charge in [-0.05, 0) is 68.5 Å². The number of hydrogen-bond acceptors (Lipinski definition) is 6. The number of ether oxygens (including phenoxy) is 1. The van der Waals surface area contributed by atoms with Crippen LogP contribution in [0.1, 0.15) is 49.0 Å². The van der Waals surface area contributed by atoms with Gasteiger partial charge < -0.3 is 24.6 Å². The Balaban J connectivity index is 0.00000363. The monoisotopic (exact) mass is 432 g/mol. The van der Waals surface area contributed by atoms with Crippen LogP contribution in [0.15, 0.2) is 48.5 Å². The van der Waals surface area contributed by atoms with E-state index in [-0.39, 0.29) is 30.5 Å². The smallest absolute Gasteiger partial charge is 0.545 e. The first-order chi connectivity index (χ1) is 14.7. The molecule has 1 heterocycles. The fourth-order valence-electron chi connectivity index (χ4n) is 3.94. The molecule has 2 aromatic rings. The van der Waals surface area contributed by atoms with Crippen LogP contribution in [0.4, 0.5) is 5.69 Å². The number of anilines is 1. The number of rotatable bonds is 9. The topological polar surface area (TPSA) is 76.1 Å². The van der Waals surface area contributed by atoms with E-state index in [0.29, 0.717) is 0 Å². The van der Waals surface area contributed by atoms with Gasteiger partial charge in [0.2, 0.25) is 0 Å². The van der Waals surface area contributed by atoms with Gasteiger partial charge >= 0.3 is 18.9 Å². The van der Waals surface area contributed by atoms with Crippen molar-refractivity contribution in [1.82, 2.24) is 4.90 Å². The third kappa shape index (κ3) is 7.56. The standard InChI is InChI=1S/C25H34N2O4.Li/c1-19(2)31-23-10-8-22(9-11-23)26(3)15-12-25(30)13-16-27(17-14-25)18-20-4-6-21(7-5-20)24(28)29;/h4-11,19,30H,12-18H2,1-3H3,(H,28,29);/q;+1/p-1. The number of hydrogen-bond donors (Lipinski definition) is 1. The van der Waals surface area contributed by atoms with E-state index in [1.165, 1.54) is 0 Å². The van der Waals surface area contributed by atoms with Crippen LogP contribution in [0, 0.1) is 0 Å². The molecule has 0 bridgehead atoms. The molecule has 168 valence electrons. The molecule has 1 aliphatic rings. The predicted molar refractivity (Wildman–Crippen MR) is 120 cm³/mol. The molecule has 7 heteroatoms. The van der Waals surface area contributed by atoms with E-state index in [4.69, 9.17) is 4.74 Å².